The summed E-state index contributed by atoms with van der Waals surface area (Å²) in [4.78, 5) is 4.97. The molecule has 0 aliphatic heterocycles. The Labute approximate surface area is 530 Å². The molecule has 2 heterocycles. The minimum Gasteiger partial charge on any atom is -0.453 e. The molecule has 434 valence electrons. The van der Waals surface area contributed by atoms with E-state index in [0.29, 0.717) is 0 Å². The molecular formula is C87H64N2O2. The fourth-order valence-electron chi connectivity index (χ4n) is 15.2. The zero-order chi connectivity index (χ0) is 61.2. The fourth-order valence-corrected chi connectivity index (χ4v) is 15.2. The summed E-state index contributed by atoms with van der Waals surface area (Å²) in [5, 5.41) is 8.88. The van der Waals surface area contributed by atoms with Crippen molar-refractivity contribution in [2.45, 2.75) is 47.0 Å². The average Bonchev–Trinajstić information content (AvgIpc) is 1.52. The van der Waals surface area contributed by atoms with Gasteiger partial charge in [0.25, 0.3) is 0 Å². The van der Waals surface area contributed by atoms with Crippen molar-refractivity contribution in [2.24, 2.45) is 0 Å². The van der Waals surface area contributed by atoms with Gasteiger partial charge in [-0.2, -0.15) is 0 Å². The van der Waals surface area contributed by atoms with Gasteiger partial charge in [0.2, 0.25) is 0 Å². The Balaban J connectivity index is 0.992. The van der Waals surface area contributed by atoms with Crippen molar-refractivity contribution in [3.8, 4) is 33.4 Å². The summed E-state index contributed by atoms with van der Waals surface area (Å²) in [5.41, 5.74) is 27.6. The third-order valence-electron chi connectivity index (χ3n) is 19.9. The van der Waals surface area contributed by atoms with Crippen molar-refractivity contribution in [1.82, 2.24) is 0 Å². The maximum Gasteiger partial charge on any atom is 0.159 e. The lowest BCUT2D eigenvalue weighted by molar-refractivity contribution is 0.670. The van der Waals surface area contributed by atoms with E-state index in [9.17, 15) is 0 Å². The predicted molar refractivity (Wildman–Crippen MR) is 382 cm³/mol. The molecular weight excluding hydrogens is 1100 g/mol. The second-order valence-corrected chi connectivity index (χ2v) is 24.9. The summed E-state index contributed by atoms with van der Waals surface area (Å²) in [6.45, 7) is 13.2. The number of benzene rings is 14. The lowest BCUT2D eigenvalue weighted by Crippen LogP contribution is -2.29. The highest BCUT2D eigenvalue weighted by Gasteiger charge is 2.49. The lowest BCUT2D eigenvalue weighted by atomic mass is 9.67. The average molecular weight is 1170 g/mol. The summed E-state index contributed by atoms with van der Waals surface area (Å²) in [5.74, 6) is 0. The van der Waals surface area contributed by atoms with E-state index in [-0.39, 0.29) is 0 Å². The Morgan fingerprint density at radius 1 is 0.242 bits per heavy atom. The summed E-state index contributed by atoms with van der Waals surface area (Å²) in [6, 6.07) is 103. The number of fused-ring (bicyclic) bond motifs is 13. The van der Waals surface area contributed by atoms with Crippen LogP contribution >= 0.6 is 0 Å². The largest absolute Gasteiger partial charge is 0.453 e. The molecule has 0 fully saturated rings. The number of nitrogens with zero attached hydrogens (tertiary/aromatic N) is 2. The minimum atomic E-state index is -0.865. The second-order valence-electron chi connectivity index (χ2n) is 24.9. The molecule has 0 spiro atoms. The van der Waals surface area contributed by atoms with Crippen LogP contribution in [-0.4, -0.2) is 0 Å². The topological polar surface area (TPSA) is 32.8 Å². The zero-order valence-corrected chi connectivity index (χ0v) is 51.8. The van der Waals surface area contributed by atoms with Crippen molar-refractivity contribution in [3.63, 3.8) is 0 Å². The van der Waals surface area contributed by atoms with Crippen molar-refractivity contribution in [3.05, 3.63) is 335 Å². The van der Waals surface area contributed by atoms with Gasteiger partial charge in [-0.3, -0.25) is 0 Å². The van der Waals surface area contributed by atoms with E-state index in [4.69, 9.17) is 8.83 Å². The Morgan fingerprint density at radius 2 is 0.582 bits per heavy atom. The smallest absolute Gasteiger partial charge is 0.159 e. The first-order valence-electron chi connectivity index (χ1n) is 31.6. The van der Waals surface area contributed by atoms with E-state index in [0.717, 1.165) is 122 Å². The normalized spacial score (nSPS) is 12.6. The van der Waals surface area contributed by atoms with E-state index in [1.54, 1.807) is 0 Å². The van der Waals surface area contributed by atoms with Crippen LogP contribution in [0, 0.1) is 41.5 Å². The van der Waals surface area contributed by atoms with Gasteiger partial charge in [-0.25, -0.2) is 0 Å². The molecule has 0 N–H and O–H groups in total. The Kier molecular flexibility index (Phi) is 12.4. The highest BCUT2D eigenvalue weighted by molar-refractivity contribution is 6.21. The number of furan rings is 2. The molecule has 0 radical (unpaired) electrons. The van der Waals surface area contributed by atoms with Crippen molar-refractivity contribution in [1.29, 1.82) is 0 Å². The third-order valence-corrected chi connectivity index (χ3v) is 19.9. The van der Waals surface area contributed by atoms with Crippen LogP contribution in [0.1, 0.15) is 55.6 Å². The number of hydrogen-bond donors (Lipinski definition) is 0. The van der Waals surface area contributed by atoms with Crippen LogP contribution in [0.25, 0.3) is 98.8 Å². The van der Waals surface area contributed by atoms with Gasteiger partial charge >= 0.3 is 0 Å². The predicted octanol–water partition coefficient (Wildman–Crippen LogP) is 24.3. The van der Waals surface area contributed by atoms with Crippen LogP contribution < -0.4 is 9.80 Å². The molecule has 14 aromatic carbocycles. The van der Waals surface area contributed by atoms with Crippen LogP contribution in [0.4, 0.5) is 34.1 Å². The molecule has 0 saturated heterocycles. The maximum atomic E-state index is 7.43. The molecule has 1 aliphatic carbocycles. The highest BCUT2D eigenvalue weighted by Crippen LogP contribution is 2.63. The number of anilines is 6. The van der Waals surface area contributed by atoms with Crippen molar-refractivity contribution in [2.75, 3.05) is 9.80 Å². The fraction of sp³-hybridized carbons (Fsp3) is 0.0805. The SMILES string of the molecule is Cc1ccc(N(c2cc3c(c4ccccc24)-c2c(cc(N(c4ccc(C)c(C)c4)c4cccc5c4oc4c(-c6ccccc6C)cccc45)c4ccccc24)C3(c2ccccc2)c2ccccc2)c2cccc3c2oc2c(-c4ccccc4C)cccc23)cc1C. The first kappa shape index (κ1) is 54.0. The Morgan fingerprint density at radius 3 is 0.989 bits per heavy atom. The van der Waals surface area contributed by atoms with Gasteiger partial charge in [-0.15, -0.1) is 0 Å². The Bertz CT molecular complexity index is 5280. The number of aryl methyl sites for hydroxylation is 6. The summed E-state index contributed by atoms with van der Waals surface area (Å²) in [7, 11) is 0. The van der Waals surface area contributed by atoms with Crippen molar-refractivity contribution < 1.29 is 8.83 Å². The first-order chi connectivity index (χ1) is 44.6. The van der Waals surface area contributed by atoms with E-state index in [2.05, 4.69) is 330 Å². The number of rotatable bonds is 10. The van der Waals surface area contributed by atoms with Crippen LogP contribution in [0.2, 0.25) is 0 Å². The molecule has 4 nitrogen and oxygen atoms in total. The van der Waals surface area contributed by atoms with E-state index >= 15 is 0 Å². The van der Waals surface area contributed by atoms with Crippen LogP contribution in [0.5, 0.6) is 0 Å². The summed E-state index contributed by atoms with van der Waals surface area (Å²) >= 11 is 0. The second kappa shape index (κ2) is 21.0. The van der Waals surface area contributed by atoms with Gasteiger partial charge in [0.05, 0.1) is 28.2 Å². The molecule has 16 aromatic rings. The molecule has 17 rings (SSSR count). The van der Waals surface area contributed by atoms with Crippen LogP contribution in [-0.2, 0) is 5.41 Å². The first-order valence-corrected chi connectivity index (χ1v) is 31.6. The minimum absolute atomic E-state index is 0.829. The van der Waals surface area contributed by atoms with E-state index in [1.165, 1.54) is 66.8 Å². The van der Waals surface area contributed by atoms with Gasteiger partial charge in [0, 0.05) is 54.8 Å². The molecule has 0 unspecified atom stereocenters. The van der Waals surface area contributed by atoms with E-state index < -0.39 is 5.41 Å². The molecule has 4 heteroatoms. The summed E-state index contributed by atoms with van der Waals surface area (Å²) < 4.78 is 14.9. The Hall–Kier alpha value is -11.2. The van der Waals surface area contributed by atoms with Gasteiger partial charge < -0.3 is 18.6 Å². The maximum absolute atomic E-state index is 7.43. The molecule has 0 atom stereocenters. The van der Waals surface area contributed by atoms with Gasteiger partial charge in [-0.05, 0) is 179 Å². The van der Waals surface area contributed by atoms with Gasteiger partial charge in [0.1, 0.15) is 11.2 Å². The number of hydrogen-bond acceptors (Lipinski definition) is 4. The van der Waals surface area contributed by atoms with E-state index in [1.807, 2.05) is 0 Å². The van der Waals surface area contributed by atoms with Gasteiger partial charge in [-0.1, -0.05) is 231 Å². The molecule has 0 amide bonds. The van der Waals surface area contributed by atoms with Crippen LogP contribution in [0.3, 0.4) is 0 Å². The monoisotopic (exact) mass is 1170 g/mol. The molecule has 1 aliphatic rings. The lowest BCUT2D eigenvalue weighted by Gasteiger charge is -2.36. The van der Waals surface area contributed by atoms with Gasteiger partial charge in [0.15, 0.2) is 11.2 Å². The summed E-state index contributed by atoms with van der Waals surface area (Å²) in [6.07, 6.45) is 0. The quantitative estimate of drug-likeness (QED) is 0.137. The molecule has 2 aromatic heterocycles. The molecule has 0 bridgehead atoms. The molecule has 91 heavy (non-hydrogen) atoms. The highest BCUT2D eigenvalue weighted by atomic mass is 16.3. The standard InChI is InChI=1S/C87H64N2O2/c1-53-45-47-61(49-57(53)5)88(77-43-23-41-73-71-39-21-37-69(83(71)90-85(73)77)63-31-15-13-25-55(63)3)79-51-75-81(67-35-19-17-33-65(67)79)82-68-36-20-18-34-66(68)80(52-76(82)87(75,59-27-9-7-10-28-59)60-29-11-8-12-30-60)89(62-48-46-54(2)58(6)50-62)78-44-24-42-74-72-40-22-38-70(84(72)91-86(74)78)64-32-16-14-26-56(64)4/h7-52H,1-6H3. The number of para-hydroxylation sites is 4. The van der Waals surface area contributed by atoms with Crippen molar-refractivity contribution >= 4 is 99.5 Å². The third kappa shape index (κ3) is 8.15. The molecule has 0 saturated carbocycles. The van der Waals surface area contributed by atoms with Crippen LogP contribution in [0.15, 0.2) is 288 Å². The zero-order valence-electron chi connectivity index (χ0n) is 51.8.